The number of fused-ring (bicyclic) bond motifs is 1. The minimum Gasteiger partial charge on any atom is -0.286 e. The van der Waals surface area contributed by atoms with Gasteiger partial charge in [0, 0.05) is 30.5 Å². The van der Waals surface area contributed by atoms with E-state index in [1.165, 1.54) is 12.1 Å². The van der Waals surface area contributed by atoms with Crippen molar-refractivity contribution < 1.29 is 13.2 Å². The molecule has 1 atom stereocenters. The lowest BCUT2D eigenvalue weighted by molar-refractivity contribution is 0.0984. The number of hydrogen-bond acceptors (Lipinski definition) is 2. The van der Waals surface area contributed by atoms with Crippen molar-refractivity contribution in [1.82, 2.24) is 14.6 Å². The summed E-state index contributed by atoms with van der Waals surface area (Å²) in [5, 5.41) is 8.33. The molecule has 1 fully saturated rings. The maximum atomic E-state index is 13.1. The van der Waals surface area contributed by atoms with E-state index < -0.39 is 17.7 Å². The molecule has 7 heteroatoms. The van der Waals surface area contributed by atoms with Gasteiger partial charge in [0.1, 0.15) is 11.6 Å². The zero-order valence-corrected chi connectivity index (χ0v) is 12.6. The molecule has 2 heterocycles. The van der Waals surface area contributed by atoms with Crippen molar-refractivity contribution in [3.63, 3.8) is 0 Å². The van der Waals surface area contributed by atoms with E-state index in [1.54, 1.807) is 28.8 Å². The monoisotopic (exact) mass is 337 g/mol. The van der Waals surface area contributed by atoms with Crippen molar-refractivity contribution in [2.24, 2.45) is 5.92 Å². The summed E-state index contributed by atoms with van der Waals surface area (Å²) in [6.45, 7) is 0. The molecule has 1 aliphatic carbocycles. The van der Waals surface area contributed by atoms with Gasteiger partial charge in [-0.2, -0.15) is 0 Å². The highest BCUT2D eigenvalue weighted by atomic mass is 35.5. The molecule has 23 heavy (non-hydrogen) atoms. The standard InChI is InChI=1S/C16H11ClF3N3/c17-13-7-11(18)1-2-12(13)9-3-4-23-14(5-9)21-22-15(23)6-10-8-16(10,19)20/h1-5,7,10H,6,8H2. The Morgan fingerprint density at radius 3 is 2.70 bits per heavy atom. The molecule has 118 valence electrons. The molecular weight excluding hydrogens is 327 g/mol. The third-order valence-corrected chi connectivity index (χ3v) is 4.42. The first kappa shape index (κ1) is 14.5. The highest BCUT2D eigenvalue weighted by Crippen LogP contribution is 2.50. The number of aromatic nitrogens is 3. The maximum Gasteiger partial charge on any atom is 0.252 e. The Morgan fingerprint density at radius 2 is 2.00 bits per heavy atom. The third kappa shape index (κ3) is 2.57. The molecule has 1 unspecified atom stereocenters. The summed E-state index contributed by atoms with van der Waals surface area (Å²) in [5.74, 6) is -3.12. The lowest BCUT2D eigenvalue weighted by atomic mass is 10.1. The summed E-state index contributed by atoms with van der Waals surface area (Å²) >= 11 is 6.06. The quantitative estimate of drug-likeness (QED) is 0.709. The van der Waals surface area contributed by atoms with E-state index in [-0.39, 0.29) is 12.8 Å². The summed E-state index contributed by atoms with van der Waals surface area (Å²) in [6.07, 6.45) is 1.83. The van der Waals surface area contributed by atoms with E-state index in [1.807, 2.05) is 0 Å². The molecule has 1 aliphatic rings. The number of rotatable bonds is 3. The van der Waals surface area contributed by atoms with E-state index in [2.05, 4.69) is 10.2 Å². The fourth-order valence-electron chi connectivity index (χ4n) is 2.68. The third-order valence-electron chi connectivity index (χ3n) is 4.11. The summed E-state index contributed by atoms with van der Waals surface area (Å²) < 4.78 is 40.9. The van der Waals surface area contributed by atoms with Gasteiger partial charge >= 0.3 is 0 Å². The number of hydrogen-bond donors (Lipinski definition) is 0. The van der Waals surface area contributed by atoms with E-state index >= 15 is 0 Å². The van der Waals surface area contributed by atoms with Crippen molar-refractivity contribution >= 4 is 17.2 Å². The van der Waals surface area contributed by atoms with Crippen LogP contribution in [0.25, 0.3) is 16.8 Å². The Labute approximate surface area is 134 Å². The van der Waals surface area contributed by atoms with Gasteiger partial charge in [0.25, 0.3) is 5.92 Å². The number of pyridine rings is 1. The molecule has 1 saturated carbocycles. The molecule has 0 amide bonds. The van der Waals surface area contributed by atoms with Crippen molar-refractivity contribution in [3.05, 3.63) is 53.2 Å². The van der Waals surface area contributed by atoms with Crippen LogP contribution in [-0.2, 0) is 6.42 Å². The second-order valence-corrected chi connectivity index (χ2v) is 6.16. The van der Waals surface area contributed by atoms with Crippen LogP contribution >= 0.6 is 11.6 Å². The van der Waals surface area contributed by atoms with E-state index in [0.29, 0.717) is 22.1 Å². The molecular formula is C16H11ClF3N3. The molecule has 0 aliphatic heterocycles. The predicted octanol–water partition coefficient (Wildman–Crippen LogP) is 4.39. The fourth-order valence-corrected chi connectivity index (χ4v) is 2.96. The zero-order chi connectivity index (χ0) is 16.2. The first-order valence-electron chi connectivity index (χ1n) is 7.11. The average Bonchev–Trinajstić information content (AvgIpc) is 2.91. The van der Waals surface area contributed by atoms with Crippen LogP contribution in [0, 0.1) is 11.7 Å². The number of benzene rings is 1. The topological polar surface area (TPSA) is 30.2 Å². The Hall–Kier alpha value is -2.08. The van der Waals surface area contributed by atoms with Crippen LogP contribution in [0.4, 0.5) is 13.2 Å². The summed E-state index contributed by atoms with van der Waals surface area (Å²) in [7, 11) is 0. The van der Waals surface area contributed by atoms with Crippen LogP contribution in [0.5, 0.6) is 0 Å². The van der Waals surface area contributed by atoms with Crippen LogP contribution in [0.15, 0.2) is 36.5 Å². The number of alkyl halides is 2. The molecule has 2 aromatic heterocycles. The molecule has 1 aromatic carbocycles. The SMILES string of the molecule is Fc1ccc(-c2ccn3c(CC4CC4(F)F)nnc3c2)c(Cl)c1. The molecule has 3 aromatic rings. The fraction of sp³-hybridized carbons (Fsp3) is 0.250. The van der Waals surface area contributed by atoms with Crippen LogP contribution in [0.1, 0.15) is 12.2 Å². The van der Waals surface area contributed by atoms with Gasteiger partial charge in [0.05, 0.1) is 5.02 Å². The first-order chi connectivity index (χ1) is 10.9. The summed E-state index contributed by atoms with van der Waals surface area (Å²) in [5.41, 5.74) is 1.98. The van der Waals surface area contributed by atoms with E-state index in [9.17, 15) is 13.2 Å². The minimum absolute atomic E-state index is 0.0921. The Bertz CT molecular complexity index is 907. The second kappa shape index (κ2) is 4.96. The van der Waals surface area contributed by atoms with Gasteiger partial charge < -0.3 is 0 Å². The van der Waals surface area contributed by atoms with Gasteiger partial charge in [-0.1, -0.05) is 11.6 Å². The van der Waals surface area contributed by atoms with Gasteiger partial charge in [0.2, 0.25) is 0 Å². The van der Waals surface area contributed by atoms with Crippen molar-refractivity contribution in [2.75, 3.05) is 0 Å². The highest BCUT2D eigenvalue weighted by molar-refractivity contribution is 6.33. The predicted molar refractivity (Wildman–Crippen MR) is 80.1 cm³/mol. The van der Waals surface area contributed by atoms with Crippen LogP contribution in [0.2, 0.25) is 5.02 Å². The largest absolute Gasteiger partial charge is 0.286 e. The van der Waals surface area contributed by atoms with Gasteiger partial charge in [-0.15, -0.1) is 10.2 Å². The summed E-state index contributed by atoms with van der Waals surface area (Å²) in [6, 6.07) is 7.69. The molecule has 0 radical (unpaired) electrons. The van der Waals surface area contributed by atoms with Crippen molar-refractivity contribution in [1.29, 1.82) is 0 Å². The van der Waals surface area contributed by atoms with Gasteiger partial charge in [-0.25, -0.2) is 13.2 Å². The number of nitrogens with zero attached hydrogens (tertiary/aromatic N) is 3. The minimum atomic E-state index is -2.58. The Balaban J connectivity index is 1.69. The Kier molecular flexibility index (Phi) is 3.13. The molecule has 0 N–H and O–H groups in total. The average molecular weight is 338 g/mol. The second-order valence-electron chi connectivity index (χ2n) is 5.75. The van der Waals surface area contributed by atoms with Gasteiger partial charge in [0.15, 0.2) is 5.65 Å². The molecule has 0 bridgehead atoms. The van der Waals surface area contributed by atoms with Crippen molar-refractivity contribution in [2.45, 2.75) is 18.8 Å². The van der Waals surface area contributed by atoms with Crippen LogP contribution in [-0.4, -0.2) is 20.5 Å². The molecule has 0 saturated heterocycles. The van der Waals surface area contributed by atoms with Crippen LogP contribution in [0.3, 0.4) is 0 Å². The van der Waals surface area contributed by atoms with Gasteiger partial charge in [-0.3, -0.25) is 4.40 Å². The van der Waals surface area contributed by atoms with E-state index in [4.69, 9.17) is 11.6 Å². The Morgan fingerprint density at radius 1 is 1.22 bits per heavy atom. The smallest absolute Gasteiger partial charge is 0.252 e. The lowest BCUT2D eigenvalue weighted by Crippen LogP contribution is -2.01. The van der Waals surface area contributed by atoms with Gasteiger partial charge in [-0.05, 0) is 35.9 Å². The first-order valence-corrected chi connectivity index (χ1v) is 7.49. The van der Waals surface area contributed by atoms with Crippen LogP contribution < -0.4 is 0 Å². The molecule has 0 spiro atoms. The maximum absolute atomic E-state index is 13.1. The van der Waals surface area contributed by atoms with Crippen molar-refractivity contribution in [3.8, 4) is 11.1 Å². The lowest BCUT2D eigenvalue weighted by Gasteiger charge is -2.06. The summed E-state index contributed by atoms with van der Waals surface area (Å²) in [4.78, 5) is 0. The highest BCUT2D eigenvalue weighted by Gasteiger charge is 2.56. The zero-order valence-electron chi connectivity index (χ0n) is 11.8. The number of halogens is 4. The molecule has 4 rings (SSSR count). The molecule has 3 nitrogen and oxygen atoms in total. The van der Waals surface area contributed by atoms with E-state index in [0.717, 1.165) is 5.56 Å². The normalized spacial score (nSPS) is 19.2.